The molecule has 0 aliphatic heterocycles. The topological polar surface area (TPSA) is 42.0 Å². The molecule has 0 fully saturated rings. The molecule has 2 aromatic carbocycles. The van der Waals surface area contributed by atoms with Gasteiger partial charge in [0.25, 0.3) is 5.91 Å². The van der Waals surface area contributed by atoms with Crippen LogP contribution in [0.25, 0.3) is 22.0 Å². The first kappa shape index (κ1) is 13.8. The maximum Gasteiger partial charge on any atom is 0.269 e. The molecule has 1 N–H and O–H groups in total. The van der Waals surface area contributed by atoms with E-state index < -0.39 is 0 Å². The molecule has 3 nitrogen and oxygen atoms in total. The van der Waals surface area contributed by atoms with Crippen LogP contribution >= 0.6 is 15.9 Å². The largest absolute Gasteiger partial charge is 0.354 e. The van der Waals surface area contributed by atoms with Gasteiger partial charge >= 0.3 is 0 Å². The van der Waals surface area contributed by atoms with Gasteiger partial charge < -0.3 is 5.32 Å². The van der Waals surface area contributed by atoms with Crippen LogP contribution in [0.5, 0.6) is 0 Å². The number of amides is 1. The predicted molar refractivity (Wildman–Crippen MR) is 88.3 cm³/mol. The van der Waals surface area contributed by atoms with E-state index in [1.807, 2.05) is 54.6 Å². The van der Waals surface area contributed by atoms with Crippen LogP contribution in [0.1, 0.15) is 10.5 Å². The number of hydrogen-bond donors (Lipinski definition) is 1. The number of halogens is 1. The smallest absolute Gasteiger partial charge is 0.269 e. The van der Waals surface area contributed by atoms with Gasteiger partial charge in [0.05, 0.1) is 5.52 Å². The van der Waals surface area contributed by atoms with Crippen molar-refractivity contribution < 1.29 is 4.79 Å². The zero-order chi connectivity index (χ0) is 14.8. The molecule has 0 saturated heterocycles. The summed E-state index contributed by atoms with van der Waals surface area (Å²) in [6.45, 7) is 0. The summed E-state index contributed by atoms with van der Waals surface area (Å²) in [5, 5.41) is 3.64. The molecule has 3 aromatic rings. The van der Waals surface area contributed by atoms with Crippen LogP contribution in [0.2, 0.25) is 0 Å². The second kappa shape index (κ2) is 5.66. The van der Waals surface area contributed by atoms with Crippen LogP contribution in [0.3, 0.4) is 0 Å². The van der Waals surface area contributed by atoms with Crippen molar-refractivity contribution in [3.8, 4) is 11.1 Å². The minimum Gasteiger partial charge on any atom is -0.354 e. The average molecular weight is 341 g/mol. The van der Waals surface area contributed by atoms with Crippen molar-refractivity contribution in [1.29, 1.82) is 0 Å². The van der Waals surface area contributed by atoms with E-state index in [0.29, 0.717) is 5.69 Å². The van der Waals surface area contributed by atoms with Gasteiger partial charge in [0.15, 0.2) is 0 Å². The lowest BCUT2D eigenvalue weighted by Crippen LogP contribution is -2.19. The summed E-state index contributed by atoms with van der Waals surface area (Å²) in [5.41, 5.74) is 3.29. The van der Waals surface area contributed by atoms with E-state index in [2.05, 4.69) is 26.2 Å². The van der Waals surface area contributed by atoms with E-state index in [1.165, 1.54) is 0 Å². The number of nitrogens with zero attached hydrogens (tertiary/aromatic N) is 1. The Morgan fingerprint density at radius 2 is 1.86 bits per heavy atom. The fourth-order valence-corrected chi connectivity index (χ4v) is 2.66. The lowest BCUT2D eigenvalue weighted by Gasteiger charge is -2.10. The first-order valence-corrected chi connectivity index (χ1v) is 7.36. The van der Waals surface area contributed by atoms with Gasteiger partial charge in [0, 0.05) is 16.9 Å². The van der Waals surface area contributed by atoms with Crippen molar-refractivity contribution in [3.05, 3.63) is 64.8 Å². The Labute approximate surface area is 131 Å². The number of hydrogen-bond acceptors (Lipinski definition) is 2. The summed E-state index contributed by atoms with van der Waals surface area (Å²) in [6.07, 6.45) is 0. The molecule has 1 heterocycles. The number of rotatable bonds is 2. The molecule has 0 aliphatic carbocycles. The number of aromatic nitrogens is 1. The zero-order valence-corrected chi connectivity index (χ0v) is 13.0. The maximum absolute atomic E-state index is 11.9. The second-order valence-corrected chi connectivity index (χ2v) is 5.58. The average Bonchev–Trinajstić information content (AvgIpc) is 2.54. The van der Waals surface area contributed by atoms with Crippen molar-refractivity contribution >= 4 is 32.7 Å². The summed E-state index contributed by atoms with van der Waals surface area (Å²) >= 11 is 3.49. The van der Waals surface area contributed by atoms with Crippen molar-refractivity contribution in [2.45, 2.75) is 0 Å². The fourth-order valence-electron chi connectivity index (χ4n) is 2.30. The van der Waals surface area contributed by atoms with Gasteiger partial charge in [0.2, 0.25) is 0 Å². The first-order chi connectivity index (χ1) is 10.2. The SMILES string of the molecule is CNC(=O)c1cc(-c2ccccc2)c2cc(Br)ccc2n1. The molecule has 0 atom stereocenters. The van der Waals surface area contributed by atoms with Gasteiger partial charge in [-0.05, 0) is 35.4 Å². The van der Waals surface area contributed by atoms with E-state index in [9.17, 15) is 4.79 Å². The van der Waals surface area contributed by atoms with Crippen molar-refractivity contribution in [3.63, 3.8) is 0 Å². The summed E-state index contributed by atoms with van der Waals surface area (Å²) in [5.74, 6) is -0.183. The van der Waals surface area contributed by atoms with Crippen LogP contribution in [0.15, 0.2) is 59.1 Å². The Kier molecular flexibility index (Phi) is 3.71. The lowest BCUT2D eigenvalue weighted by atomic mass is 10.00. The van der Waals surface area contributed by atoms with Crippen LogP contribution in [-0.4, -0.2) is 17.9 Å². The summed E-state index contributed by atoms with van der Waals surface area (Å²) in [7, 11) is 1.61. The second-order valence-electron chi connectivity index (χ2n) is 4.66. The van der Waals surface area contributed by atoms with Gasteiger partial charge in [-0.25, -0.2) is 4.98 Å². The predicted octanol–water partition coefficient (Wildman–Crippen LogP) is 4.02. The molecule has 104 valence electrons. The first-order valence-electron chi connectivity index (χ1n) is 6.57. The van der Waals surface area contributed by atoms with Crippen LogP contribution < -0.4 is 5.32 Å². The fraction of sp³-hybridized carbons (Fsp3) is 0.0588. The van der Waals surface area contributed by atoms with E-state index in [-0.39, 0.29) is 5.91 Å². The molecule has 0 unspecified atom stereocenters. The summed E-state index contributed by atoms with van der Waals surface area (Å²) in [4.78, 5) is 16.4. The lowest BCUT2D eigenvalue weighted by molar-refractivity contribution is 0.0958. The van der Waals surface area contributed by atoms with Crippen molar-refractivity contribution in [2.75, 3.05) is 7.05 Å². The zero-order valence-electron chi connectivity index (χ0n) is 11.4. The highest BCUT2D eigenvalue weighted by Gasteiger charge is 2.12. The molecule has 1 aromatic heterocycles. The van der Waals surface area contributed by atoms with Gasteiger partial charge in [-0.15, -0.1) is 0 Å². The van der Waals surface area contributed by atoms with Crippen LogP contribution in [0, 0.1) is 0 Å². The van der Waals surface area contributed by atoms with Crippen molar-refractivity contribution in [2.24, 2.45) is 0 Å². The molecule has 4 heteroatoms. The Morgan fingerprint density at radius 3 is 2.57 bits per heavy atom. The highest BCUT2D eigenvalue weighted by Crippen LogP contribution is 2.30. The minimum absolute atomic E-state index is 0.183. The van der Waals surface area contributed by atoms with E-state index in [0.717, 1.165) is 26.5 Å². The number of nitrogens with one attached hydrogen (secondary N) is 1. The molecule has 0 radical (unpaired) electrons. The molecule has 0 spiro atoms. The van der Waals surface area contributed by atoms with Gasteiger partial charge in [-0.3, -0.25) is 4.79 Å². The Hall–Kier alpha value is -2.20. The molecule has 21 heavy (non-hydrogen) atoms. The highest BCUT2D eigenvalue weighted by atomic mass is 79.9. The monoisotopic (exact) mass is 340 g/mol. The molecule has 0 aliphatic rings. The van der Waals surface area contributed by atoms with Crippen molar-refractivity contribution in [1.82, 2.24) is 10.3 Å². The number of carbonyl (C=O) groups excluding carboxylic acids is 1. The van der Waals surface area contributed by atoms with Crippen LogP contribution in [0.4, 0.5) is 0 Å². The molecule has 0 saturated carbocycles. The van der Waals surface area contributed by atoms with Gasteiger partial charge in [-0.1, -0.05) is 46.3 Å². The number of carbonyl (C=O) groups is 1. The quantitative estimate of drug-likeness (QED) is 0.765. The molecule has 1 amide bonds. The normalized spacial score (nSPS) is 10.6. The molecular formula is C17H13BrN2O. The molecular weight excluding hydrogens is 328 g/mol. The Morgan fingerprint density at radius 1 is 1.10 bits per heavy atom. The number of benzene rings is 2. The van der Waals surface area contributed by atoms with E-state index in [4.69, 9.17) is 0 Å². The van der Waals surface area contributed by atoms with Gasteiger partial charge in [0.1, 0.15) is 5.69 Å². The number of fused-ring (bicyclic) bond motifs is 1. The van der Waals surface area contributed by atoms with E-state index in [1.54, 1.807) is 7.05 Å². The third kappa shape index (κ3) is 2.67. The Bertz CT molecular complexity index is 816. The third-order valence-corrected chi connectivity index (χ3v) is 3.81. The Balaban J connectivity index is 2.33. The van der Waals surface area contributed by atoms with Crippen LogP contribution in [-0.2, 0) is 0 Å². The highest BCUT2D eigenvalue weighted by molar-refractivity contribution is 9.10. The third-order valence-electron chi connectivity index (χ3n) is 3.32. The number of pyridine rings is 1. The van der Waals surface area contributed by atoms with Gasteiger partial charge in [-0.2, -0.15) is 0 Å². The maximum atomic E-state index is 11.9. The molecule has 0 bridgehead atoms. The summed E-state index contributed by atoms with van der Waals surface area (Å²) in [6, 6.07) is 17.7. The summed E-state index contributed by atoms with van der Waals surface area (Å²) < 4.78 is 0.988. The van der Waals surface area contributed by atoms with E-state index >= 15 is 0 Å². The molecule has 3 rings (SSSR count). The minimum atomic E-state index is -0.183. The standard InChI is InChI=1S/C17H13BrN2O/c1-19-17(21)16-10-13(11-5-3-2-4-6-11)14-9-12(18)7-8-15(14)20-16/h2-10H,1H3,(H,19,21).